The Bertz CT molecular complexity index is 800. The van der Waals surface area contributed by atoms with E-state index >= 15 is 0 Å². The van der Waals surface area contributed by atoms with E-state index < -0.39 is 29.7 Å². The van der Waals surface area contributed by atoms with Gasteiger partial charge in [-0.1, -0.05) is 0 Å². The Kier molecular flexibility index (Phi) is 4.44. The molecule has 0 saturated carbocycles. The number of fused-ring (bicyclic) bond motifs is 1. The quantitative estimate of drug-likeness (QED) is 0.802. The van der Waals surface area contributed by atoms with Gasteiger partial charge in [0.1, 0.15) is 18.4 Å². The lowest BCUT2D eigenvalue weighted by Crippen LogP contribution is -2.41. The minimum atomic E-state index is -4.44. The van der Waals surface area contributed by atoms with Gasteiger partial charge in [0.25, 0.3) is 0 Å². The number of anilines is 1. The molecule has 2 heterocycles. The summed E-state index contributed by atoms with van der Waals surface area (Å²) >= 11 is 0. The highest BCUT2D eigenvalue weighted by atomic mass is 19.3. The number of carbonyl (C=O) groups excluding carboxylic acids is 1. The topological polar surface area (TPSA) is 90.3 Å². The molecule has 2 aromatic rings. The van der Waals surface area contributed by atoms with Crippen molar-refractivity contribution in [2.24, 2.45) is 0 Å². The number of nitrogens with one attached hydrogen (secondary N) is 2. The molecule has 1 aliphatic rings. The van der Waals surface area contributed by atoms with E-state index in [1.807, 2.05) is 0 Å². The Labute approximate surface area is 144 Å². The third kappa shape index (κ3) is 4.02. The number of hydrogen-bond donors (Lipinski definition) is 2. The molecule has 1 atom stereocenters. The molecule has 0 fully saturated rings. The minimum absolute atomic E-state index is 0.0497. The van der Waals surface area contributed by atoms with Gasteiger partial charge in [0.15, 0.2) is 0 Å². The molecule has 3 rings (SSSR count). The number of carbonyl (C=O) groups is 1. The summed E-state index contributed by atoms with van der Waals surface area (Å²) < 4.78 is 62.3. The molecule has 1 aliphatic heterocycles. The number of benzene rings is 1. The lowest BCUT2D eigenvalue weighted by Gasteiger charge is -2.30. The van der Waals surface area contributed by atoms with Crippen molar-refractivity contribution in [1.29, 1.82) is 0 Å². The van der Waals surface area contributed by atoms with Crippen LogP contribution in [0.1, 0.15) is 12.5 Å². The molecular formula is C14H13F4N5O3. The Hall–Kier alpha value is -2.89. The highest BCUT2D eigenvalue weighted by Gasteiger charge is 2.54. The van der Waals surface area contributed by atoms with Gasteiger partial charge in [-0.05, 0) is 25.1 Å². The highest BCUT2D eigenvalue weighted by Crippen LogP contribution is 2.46. The van der Waals surface area contributed by atoms with Crippen LogP contribution >= 0.6 is 0 Å². The van der Waals surface area contributed by atoms with Gasteiger partial charge in [0.2, 0.25) is 0 Å². The molecule has 0 radical (unpaired) electrons. The van der Waals surface area contributed by atoms with Crippen LogP contribution in [-0.2, 0) is 17.4 Å². The third-order valence-electron chi connectivity index (χ3n) is 3.33. The molecule has 0 spiro atoms. The first-order valence-corrected chi connectivity index (χ1v) is 7.34. The van der Waals surface area contributed by atoms with E-state index in [1.165, 1.54) is 17.3 Å². The average molecular weight is 375 g/mol. The number of halogens is 4. The first-order chi connectivity index (χ1) is 12.1. The van der Waals surface area contributed by atoms with E-state index in [1.54, 1.807) is 6.92 Å². The van der Waals surface area contributed by atoms with Crippen LogP contribution in [0.4, 0.5) is 28.0 Å². The Balaban J connectivity index is 1.66. The monoisotopic (exact) mass is 375 g/mol. The van der Waals surface area contributed by atoms with E-state index in [0.717, 1.165) is 18.2 Å². The third-order valence-corrected chi connectivity index (χ3v) is 3.33. The Morgan fingerprint density at radius 3 is 2.81 bits per heavy atom. The van der Waals surface area contributed by atoms with E-state index in [9.17, 15) is 22.4 Å². The lowest BCUT2D eigenvalue weighted by molar-refractivity contribution is -0.461. The summed E-state index contributed by atoms with van der Waals surface area (Å²) in [5, 5.41) is 8.79. The zero-order valence-electron chi connectivity index (χ0n) is 13.2. The molecule has 0 saturated heterocycles. The molecule has 140 valence electrons. The van der Waals surface area contributed by atoms with E-state index in [4.69, 9.17) is 0 Å². The maximum Gasteiger partial charge on any atom is 0.540 e. The van der Waals surface area contributed by atoms with Crippen molar-refractivity contribution in [2.45, 2.75) is 31.9 Å². The van der Waals surface area contributed by atoms with Crippen LogP contribution in [-0.4, -0.2) is 33.1 Å². The summed E-state index contributed by atoms with van der Waals surface area (Å²) in [6, 6.07) is 1.82. The van der Waals surface area contributed by atoms with Crippen LogP contribution in [0.5, 0.6) is 5.75 Å². The van der Waals surface area contributed by atoms with Gasteiger partial charge in [0.05, 0.1) is 12.1 Å². The molecule has 0 bridgehead atoms. The number of urea groups is 1. The van der Waals surface area contributed by atoms with Crippen LogP contribution in [0.2, 0.25) is 0 Å². The second kappa shape index (κ2) is 6.44. The van der Waals surface area contributed by atoms with Gasteiger partial charge in [-0.2, -0.15) is 13.9 Å². The number of rotatable bonds is 4. The van der Waals surface area contributed by atoms with Crippen LogP contribution < -0.4 is 15.4 Å². The predicted molar refractivity (Wildman–Crippen MR) is 78.6 cm³/mol. The Morgan fingerprint density at radius 2 is 2.12 bits per heavy atom. The molecule has 1 aromatic carbocycles. The summed E-state index contributed by atoms with van der Waals surface area (Å²) in [7, 11) is 0. The highest BCUT2D eigenvalue weighted by molar-refractivity contribution is 5.89. The maximum absolute atomic E-state index is 13.7. The van der Waals surface area contributed by atoms with Crippen molar-refractivity contribution >= 4 is 11.7 Å². The first-order valence-electron chi connectivity index (χ1n) is 7.34. The smallest absolute Gasteiger partial charge is 0.409 e. The molecule has 12 heteroatoms. The number of hydrogen-bond acceptors (Lipinski definition) is 5. The number of amides is 2. The fourth-order valence-corrected chi connectivity index (χ4v) is 2.32. The van der Waals surface area contributed by atoms with E-state index in [-0.39, 0.29) is 11.7 Å². The van der Waals surface area contributed by atoms with Crippen molar-refractivity contribution in [1.82, 2.24) is 20.1 Å². The largest absolute Gasteiger partial charge is 0.540 e. The van der Waals surface area contributed by atoms with E-state index in [2.05, 4.69) is 30.2 Å². The van der Waals surface area contributed by atoms with Crippen molar-refractivity contribution < 1.29 is 31.8 Å². The Morgan fingerprint density at radius 1 is 1.35 bits per heavy atom. The van der Waals surface area contributed by atoms with Crippen LogP contribution in [0.15, 0.2) is 30.9 Å². The lowest BCUT2D eigenvalue weighted by atomic mass is 10.1. The zero-order chi connectivity index (χ0) is 18.9. The van der Waals surface area contributed by atoms with Crippen molar-refractivity contribution in [2.75, 3.05) is 5.32 Å². The second-order valence-electron chi connectivity index (χ2n) is 5.51. The molecule has 1 aromatic heterocycles. The summed E-state index contributed by atoms with van der Waals surface area (Å²) in [4.78, 5) is 15.7. The molecule has 2 amide bonds. The molecule has 0 aliphatic carbocycles. The van der Waals surface area contributed by atoms with E-state index in [0.29, 0.717) is 6.54 Å². The SMILES string of the molecule is C[C@H](Cn1cncn1)NC(=O)Nc1ccc2c(c1)C(F)(F)OC(F)(F)O2. The standard InChI is InChI=1S/C14H13F4N5O3/c1-8(5-23-7-19-6-20-23)21-12(24)22-9-2-3-11-10(4-9)13(15,16)26-14(17,18)25-11/h2-4,6-8H,5H2,1H3,(H2,21,22,24)/t8-/m1/s1. The molecule has 26 heavy (non-hydrogen) atoms. The van der Waals surface area contributed by atoms with Gasteiger partial charge in [-0.3, -0.25) is 4.68 Å². The molecule has 0 unspecified atom stereocenters. The normalized spacial score (nSPS) is 18.3. The number of nitrogens with zero attached hydrogens (tertiary/aromatic N) is 3. The fourth-order valence-electron chi connectivity index (χ4n) is 2.32. The summed E-state index contributed by atoms with van der Waals surface area (Å²) in [6.45, 7) is 2.04. The van der Waals surface area contributed by atoms with Gasteiger partial charge in [-0.15, -0.1) is 8.78 Å². The fraction of sp³-hybridized carbons (Fsp3) is 0.357. The summed E-state index contributed by atoms with van der Waals surface area (Å²) in [6.07, 6.45) is -5.91. The average Bonchev–Trinajstić information content (AvgIpc) is 2.98. The van der Waals surface area contributed by atoms with Crippen molar-refractivity contribution in [3.05, 3.63) is 36.4 Å². The van der Waals surface area contributed by atoms with Crippen LogP contribution in [0, 0.1) is 0 Å². The molecule has 2 N–H and O–H groups in total. The molecular weight excluding hydrogens is 362 g/mol. The van der Waals surface area contributed by atoms with Gasteiger partial charge >= 0.3 is 18.4 Å². The predicted octanol–water partition coefficient (Wildman–Crippen LogP) is 2.50. The number of aromatic nitrogens is 3. The van der Waals surface area contributed by atoms with Crippen LogP contribution in [0.3, 0.4) is 0 Å². The maximum atomic E-state index is 13.7. The van der Waals surface area contributed by atoms with Gasteiger partial charge in [-0.25, -0.2) is 14.5 Å². The summed E-state index contributed by atoms with van der Waals surface area (Å²) in [5.74, 6) is -0.739. The van der Waals surface area contributed by atoms with Gasteiger partial charge in [0, 0.05) is 11.7 Å². The zero-order valence-corrected chi connectivity index (χ0v) is 13.2. The molecule has 8 nitrogen and oxygen atoms in total. The number of ether oxygens (including phenoxy) is 2. The summed E-state index contributed by atoms with van der Waals surface area (Å²) in [5.41, 5.74) is -0.969. The van der Waals surface area contributed by atoms with Crippen molar-refractivity contribution in [3.63, 3.8) is 0 Å². The van der Waals surface area contributed by atoms with Crippen LogP contribution in [0.25, 0.3) is 0 Å². The first kappa shape index (κ1) is 17.9. The minimum Gasteiger partial charge on any atom is -0.409 e. The van der Waals surface area contributed by atoms with Gasteiger partial charge < -0.3 is 15.4 Å². The number of alkyl halides is 4. The second-order valence-corrected chi connectivity index (χ2v) is 5.51. The van der Waals surface area contributed by atoms with Crippen molar-refractivity contribution in [3.8, 4) is 5.75 Å².